The lowest BCUT2D eigenvalue weighted by Gasteiger charge is -2.40. The van der Waals surface area contributed by atoms with E-state index in [9.17, 15) is 14.9 Å². The quantitative estimate of drug-likeness (QED) is 0.637. The van der Waals surface area contributed by atoms with Crippen molar-refractivity contribution in [2.24, 2.45) is 11.1 Å². The number of benzene rings is 1. The maximum absolute atomic E-state index is 12.1. The average molecular weight is 277 g/mol. The van der Waals surface area contributed by atoms with Gasteiger partial charge in [-0.1, -0.05) is 12.5 Å². The van der Waals surface area contributed by atoms with Gasteiger partial charge in [-0.2, -0.15) is 0 Å². The van der Waals surface area contributed by atoms with Crippen molar-refractivity contribution in [1.82, 2.24) is 0 Å². The summed E-state index contributed by atoms with van der Waals surface area (Å²) in [4.78, 5) is 22.5. The first kappa shape index (κ1) is 14.5. The Bertz CT molecular complexity index is 533. The van der Waals surface area contributed by atoms with E-state index in [4.69, 9.17) is 5.73 Å². The highest BCUT2D eigenvalue weighted by Crippen LogP contribution is 2.43. The molecule has 1 aliphatic rings. The van der Waals surface area contributed by atoms with Crippen LogP contribution in [-0.2, 0) is 4.79 Å². The Morgan fingerprint density at radius 3 is 2.70 bits per heavy atom. The molecule has 0 unspecified atom stereocenters. The van der Waals surface area contributed by atoms with Crippen LogP contribution in [0.4, 0.5) is 11.4 Å². The molecule has 1 aliphatic carbocycles. The molecule has 6 nitrogen and oxygen atoms in total. The first-order valence-electron chi connectivity index (χ1n) is 6.71. The van der Waals surface area contributed by atoms with Crippen LogP contribution in [0.15, 0.2) is 18.2 Å². The monoisotopic (exact) mass is 277 g/mol. The minimum absolute atomic E-state index is 0.0839. The highest BCUT2D eigenvalue weighted by molar-refractivity contribution is 5.93. The molecule has 0 saturated heterocycles. The molecule has 0 radical (unpaired) electrons. The number of carbonyl (C=O) groups is 1. The summed E-state index contributed by atoms with van der Waals surface area (Å²) >= 11 is 0. The number of rotatable bonds is 5. The van der Waals surface area contributed by atoms with Crippen LogP contribution < -0.4 is 11.1 Å². The molecule has 1 fully saturated rings. The highest BCUT2D eigenvalue weighted by atomic mass is 16.6. The summed E-state index contributed by atoms with van der Waals surface area (Å²) in [6.45, 7) is 2.31. The number of nitro benzene ring substituents is 1. The van der Waals surface area contributed by atoms with Crippen molar-refractivity contribution in [3.05, 3.63) is 33.9 Å². The smallest absolute Gasteiger partial charge is 0.292 e. The number of hydrogen-bond donors (Lipinski definition) is 2. The Kier molecular flexibility index (Phi) is 4.04. The number of amides is 1. The summed E-state index contributed by atoms with van der Waals surface area (Å²) in [7, 11) is 0. The lowest BCUT2D eigenvalue weighted by Crippen LogP contribution is -2.40. The van der Waals surface area contributed by atoms with Crippen LogP contribution in [0, 0.1) is 22.5 Å². The van der Waals surface area contributed by atoms with Crippen LogP contribution in [0.3, 0.4) is 0 Å². The van der Waals surface area contributed by atoms with Gasteiger partial charge in [0.15, 0.2) is 0 Å². The summed E-state index contributed by atoms with van der Waals surface area (Å²) in [5.41, 5.74) is 6.65. The van der Waals surface area contributed by atoms with Gasteiger partial charge in [-0.05, 0) is 43.4 Å². The number of nitro groups is 1. The van der Waals surface area contributed by atoms with Gasteiger partial charge in [0.25, 0.3) is 5.69 Å². The van der Waals surface area contributed by atoms with Gasteiger partial charge in [-0.15, -0.1) is 0 Å². The van der Waals surface area contributed by atoms with Crippen molar-refractivity contribution in [2.75, 3.05) is 11.9 Å². The normalized spacial score (nSPS) is 16.3. The molecule has 3 N–H and O–H groups in total. The molecule has 2 rings (SSSR count). The Morgan fingerprint density at radius 2 is 2.20 bits per heavy atom. The van der Waals surface area contributed by atoms with Crippen LogP contribution in [-0.4, -0.2) is 17.4 Å². The van der Waals surface area contributed by atoms with E-state index in [1.807, 2.05) is 6.92 Å². The number of aryl methyl sites for hydroxylation is 1. The number of carbonyl (C=O) groups excluding carboxylic acids is 1. The lowest BCUT2D eigenvalue weighted by molar-refractivity contribution is -0.383. The fourth-order valence-electron chi connectivity index (χ4n) is 2.57. The van der Waals surface area contributed by atoms with Crippen LogP contribution in [0.5, 0.6) is 0 Å². The topological polar surface area (TPSA) is 98.3 Å². The fourth-order valence-corrected chi connectivity index (χ4v) is 2.57. The summed E-state index contributed by atoms with van der Waals surface area (Å²) in [6.07, 6.45) is 3.32. The van der Waals surface area contributed by atoms with E-state index in [1.54, 1.807) is 12.1 Å². The van der Waals surface area contributed by atoms with Crippen molar-refractivity contribution in [3.63, 3.8) is 0 Å². The number of anilines is 1. The number of nitrogens with two attached hydrogens (primary N) is 1. The van der Waals surface area contributed by atoms with Gasteiger partial charge in [0.05, 0.1) is 4.92 Å². The molecule has 6 heteroatoms. The van der Waals surface area contributed by atoms with E-state index < -0.39 is 4.92 Å². The van der Waals surface area contributed by atoms with Crippen molar-refractivity contribution >= 4 is 17.3 Å². The molecule has 0 aromatic heterocycles. The fraction of sp³-hybridized carbons (Fsp3) is 0.500. The standard InChI is InChI=1S/C14H19N3O3/c1-10-3-4-12(17(19)20)11(7-10)16-13(18)8-14(9-15)5-2-6-14/h3-4,7H,2,5-6,8-9,15H2,1H3,(H,16,18). The number of nitrogens with zero attached hydrogens (tertiary/aromatic N) is 1. The maximum Gasteiger partial charge on any atom is 0.292 e. The van der Waals surface area contributed by atoms with Gasteiger partial charge in [-0.3, -0.25) is 14.9 Å². The molecule has 1 aromatic rings. The molecule has 0 aliphatic heterocycles. The molecular weight excluding hydrogens is 258 g/mol. The second-order valence-corrected chi connectivity index (χ2v) is 5.56. The van der Waals surface area contributed by atoms with Crippen LogP contribution in [0.1, 0.15) is 31.2 Å². The molecule has 1 aromatic carbocycles. The van der Waals surface area contributed by atoms with E-state index in [1.165, 1.54) is 6.07 Å². The predicted molar refractivity (Wildman–Crippen MR) is 76.4 cm³/mol. The van der Waals surface area contributed by atoms with Crippen molar-refractivity contribution in [3.8, 4) is 0 Å². The first-order valence-corrected chi connectivity index (χ1v) is 6.71. The lowest BCUT2D eigenvalue weighted by atomic mass is 9.66. The van der Waals surface area contributed by atoms with Crippen molar-refractivity contribution in [2.45, 2.75) is 32.6 Å². The third kappa shape index (κ3) is 2.96. The Labute approximate surface area is 117 Å². The summed E-state index contributed by atoms with van der Waals surface area (Å²) in [5, 5.41) is 13.6. The third-order valence-corrected chi connectivity index (χ3v) is 4.01. The Balaban J connectivity index is 2.11. The Hall–Kier alpha value is -1.95. The molecule has 0 bridgehead atoms. The van der Waals surface area contributed by atoms with Crippen LogP contribution in [0.2, 0.25) is 0 Å². The van der Waals surface area contributed by atoms with E-state index in [0.29, 0.717) is 13.0 Å². The van der Waals surface area contributed by atoms with Gasteiger partial charge in [-0.25, -0.2) is 0 Å². The highest BCUT2D eigenvalue weighted by Gasteiger charge is 2.37. The third-order valence-electron chi connectivity index (χ3n) is 4.01. The van der Waals surface area contributed by atoms with Gasteiger partial charge in [0, 0.05) is 12.5 Å². The van der Waals surface area contributed by atoms with Crippen LogP contribution >= 0.6 is 0 Å². The van der Waals surface area contributed by atoms with E-state index in [-0.39, 0.29) is 22.7 Å². The average Bonchev–Trinajstić information content (AvgIpc) is 2.33. The molecule has 0 heterocycles. The molecule has 20 heavy (non-hydrogen) atoms. The second-order valence-electron chi connectivity index (χ2n) is 5.56. The number of hydrogen-bond acceptors (Lipinski definition) is 4. The molecule has 1 amide bonds. The maximum atomic E-state index is 12.1. The Morgan fingerprint density at radius 1 is 1.50 bits per heavy atom. The minimum Gasteiger partial charge on any atom is -0.330 e. The summed E-state index contributed by atoms with van der Waals surface area (Å²) < 4.78 is 0. The summed E-state index contributed by atoms with van der Waals surface area (Å²) in [6, 6.07) is 4.68. The SMILES string of the molecule is Cc1ccc([N+](=O)[O-])c(NC(=O)CC2(CN)CCC2)c1. The van der Waals surface area contributed by atoms with Crippen molar-refractivity contribution < 1.29 is 9.72 Å². The second kappa shape index (κ2) is 5.58. The minimum atomic E-state index is -0.489. The summed E-state index contributed by atoms with van der Waals surface area (Å²) in [5.74, 6) is -0.205. The molecule has 108 valence electrons. The predicted octanol–water partition coefficient (Wildman–Crippen LogP) is 2.36. The molecule has 0 atom stereocenters. The van der Waals surface area contributed by atoms with E-state index in [0.717, 1.165) is 24.8 Å². The van der Waals surface area contributed by atoms with Gasteiger partial charge in [0.1, 0.15) is 5.69 Å². The zero-order valence-corrected chi connectivity index (χ0v) is 11.5. The van der Waals surface area contributed by atoms with Gasteiger partial charge in [0.2, 0.25) is 5.91 Å². The number of nitrogens with one attached hydrogen (secondary N) is 1. The zero-order valence-electron chi connectivity index (χ0n) is 11.5. The van der Waals surface area contributed by atoms with Gasteiger partial charge >= 0.3 is 0 Å². The molecule has 1 saturated carbocycles. The zero-order chi connectivity index (χ0) is 14.8. The largest absolute Gasteiger partial charge is 0.330 e. The first-order chi connectivity index (χ1) is 9.46. The van der Waals surface area contributed by atoms with Crippen molar-refractivity contribution in [1.29, 1.82) is 0 Å². The van der Waals surface area contributed by atoms with E-state index in [2.05, 4.69) is 5.32 Å². The molecular formula is C14H19N3O3. The molecule has 0 spiro atoms. The van der Waals surface area contributed by atoms with Crippen LogP contribution in [0.25, 0.3) is 0 Å². The van der Waals surface area contributed by atoms with E-state index >= 15 is 0 Å². The van der Waals surface area contributed by atoms with Gasteiger partial charge < -0.3 is 11.1 Å².